The maximum atomic E-state index is 5.99. The third-order valence-corrected chi connectivity index (χ3v) is 4.93. The molecule has 0 aromatic heterocycles. The minimum atomic E-state index is 0.820. The van der Waals surface area contributed by atoms with Crippen molar-refractivity contribution in [3.05, 3.63) is 0 Å². The standard InChI is InChI=1S/C22H46O/c1-4-7-10-12-13-14-15-17-20-23-21-22(18-9-6-3)19-16-11-8-5-2/h22H,4-21H2,1-3H3. The molecule has 0 spiro atoms. The Balaban J connectivity index is 3.46. The molecular weight excluding hydrogens is 280 g/mol. The number of unbranched alkanes of at least 4 members (excludes halogenated alkanes) is 11. The predicted molar refractivity (Wildman–Crippen MR) is 105 cm³/mol. The van der Waals surface area contributed by atoms with Gasteiger partial charge in [-0.25, -0.2) is 0 Å². The Morgan fingerprint density at radius 3 is 1.61 bits per heavy atom. The van der Waals surface area contributed by atoms with Crippen molar-refractivity contribution >= 4 is 0 Å². The van der Waals surface area contributed by atoms with Crippen LogP contribution in [0.15, 0.2) is 0 Å². The van der Waals surface area contributed by atoms with E-state index in [-0.39, 0.29) is 0 Å². The van der Waals surface area contributed by atoms with Gasteiger partial charge < -0.3 is 4.74 Å². The molecule has 0 aliphatic carbocycles. The molecule has 0 heterocycles. The van der Waals surface area contributed by atoms with Crippen LogP contribution in [0.2, 0.25) is 0 Å². The van der Waals surface area contributed by atoms with Gasteiger partial charge in [0.1, 0.15) is 0 Å². The number of ether oxygens (including phenoxy) is 1. The van der Waals surface area contributed by atoms with E-state index in [1.54, 1.807) is 0 Å². The number of hydrogen-bond donors (Lipinski definition) is 0. The third-order valence-electron chi connectivity index (χ3n) is 4.93. The van der Waals surface area contributed by atoms with E-state index in [2.05, 4.69) is 20.8 Å². The predicted octanol–water partition coefficient (Wildman–Crippen LogP) is 7.92. The second-order valence-electron chi connectivity index (χ2n) is 7.41. The average Bonchev–Trinajstić information content (AvgIpc) is 2.57. The van der Waals surface area contributed by atoms with Crippen molar-refractivity contribution in [2.45, 2.75) is 124 Å². The summed E-state index contributed by atoms with van der Waals surface area (Å²) in [5.74, 6) is 0.820. The van der Waals surface area contributed by atoms with Gasteiger partial charge in [0.05, 0.1) is 0 Å². The molecule has 1 unspecified atom stereocenters. The first kappa shape index (κ1) is 23.0. The Hall–Kier alpha value is -0.0400. The molecule has 0 saturated carbocycles. The lowest BCUT2D eigenvalue weighted by Crippen LogP contribution is -2.11. The van der Waals surface area contributed by atoms with Crippen molar-refractivity contribution in [3.63, 3.8) is 0 Å². The van der Waals surface area contributed by atoms with Crippen LogP contribution in [0.5, 0.6) is 0 Å². The fraction of sp³-hybridized carbons (Fsp3) is 1.00. The lowest BCUT2D eigenvalue weighted by molar-refractivity contribution is 0.0881. The van der Waals surface area contributed by atoms with Gasteiger partial charge in [0.2, 0.25) is 0 Å². The SMILES string of the molecule is CCCCCCCCCCOCC(CCCC)CCCCCC. The van der Waals surface area contributed by atoms with Gasteiger partial charge in [-0.2, -0.15) is 0 Å². The van der Waals surface area contributed by atoms with E-state index in [1.165, 1.54) is 103 Å². The van der Waals surface area contributed by atoms with E-state index in [0.717, 1.165) is 19.1 Å². The molecule has 1 heteroatoms. The molecule has 0 aliphatic rings. The van der Waals surface area contributed by atoms with Crippen LogP contribution in [0.1, 0.15) is 124 Å². The molecule has 0 rings (SSSR count). The Bertz CT molecular complexity index is 202. The van der Waals surface area contributed by atoms with Crippen LogP contribution in [0.25, 0.3) is 0 Å². The average molecular weight is 327 g/mol. The van der Waals surface area contributed by atoms with E-state index in [0.29, 0.717) is 0 Å². The highest BCUT2D eigenvalue weighted by Gasteiger charge is 2.08. The summed E-state index contributed by atoms with van der Waals surface area (Å²) in [7, 11) is 0. The highest BCUT2D eigenvalue weighted by atomic mass is 16.5. The van der Waals surface area contributed by atoms with Crippen molar-refractivity contribution in [3.8, 4) is 0 Å². The molecule has 23 heavy (non-hydrogen) atoms. The van der Waals surface area contributed by atoms with Gasteiger partial charge in [-0.05, 0) is 25.2 Å². The molecule has 0 saturated heterocycles. The summed E-state index contributed by atoms with van der Waals surface area (Å²) in [6, 6.07) is 0. The minimum absolute atomic E-state index is 0.820. The molecule has 1 atom stereocenters. The molecule has 0 amide bonds. The van der Waals surface area contributed by atoms with E-state index >= 15 is 0 Å². The maximum absolute atomic E-state index is 5.99. The first-order valence-corrected chi connectivity index (χ1v) is 10.9. The Labute approximate surface area is 148 Å². The summed E-state index contributed by atoms with van der Waals surface area (Å²) in [5, 5.41) is 0. The summed E-state index contributed by atoms with van der Waals surface area (Å²) >= 11 is 0. The van der Waals surface area contributed by atoms with Gasteiger partial charge in [-0.15, -0.1) is 0 Å². The van der Waals surface area contributed by atoms with Crippen LogP contribution in [0, 0.1) is 5.92 Å². The summed E-state index contributed by atoms with van der Waals surface area (Å²) in [6.45, 7) is 8.89. The van der Waals surface area contributed by atoms with Gasteiger partial charge in [0.15, 0.2) is 0 Å². The van der Waals surface area contributed by atoms with Crippen molar-refractivity contribution in [1.29, 1.82) is 0 Å². The zero-order chi connectivity index (χ0) is 17.0. The van der Waals surface area contributed by atoms with Crippen LogP contribution >= 0.6 is 0 Å². The highest BCUT2D eigenvalue weighted by molar-refractivity contribution is 4.59. The Kier molecular flexibility index (Phi) is 20.0. The minimum Gasteiger partial charge on any atom is -0.381 e. The van der Waals surface area contributed by atoms with E-state index < -0.39 is 0 Å². The van der Waals surface area contributed by atoms with E-state index in [4.69, 9.17) is 4.74 Å². The van der Waals surface area contributed by atoms with Gasteiger partial charge in [0.25, 0.3) is 0 Å². The second-order valence-corrected chi connectivity index (χ2v) is 7.41. The van der Waals surface area contributed by atoms with Crippen LogP contribution in [0.4, 0.5) is 0 Å². The quantitative estimate of drug-likeness (QED) is 0.219. The highest BCUT2D eigenvalue weighted by Crippen LogP contribution is 2.18. The molecule has 140 valence electrons. The summed E-state index contributed by atoms with van der Waals surface area (Å²) in [6.07, 6.45) is 22.1. The molecule has 0 aromatic rings. The molecule has 0 fully saturated rings. The topological polar surface area (TPSA) is 9.23 Å². The van der Waals surface area contributed by atoms with Crippen molar-refractivity contribution in [2.24, 2.45) is 5.92 Å². The van der Waals surface area contributed by atoms with Gasteiger partial charge >= 0.3 is 0 Å². The van der Waals surface area contributed by atoms with Gasteiger partial charge in [-0.1, -0.05) is 104 Å². The lowest BCUT2D eigenvalue weighted by atomic mass is 9.96. The van der Waals surface area contributed by atoms with Crippen molar-refractivity contribution < 1.29 is 4.74 Å². The number of rotatable bonds is 19. The fourth-order valence-corrected chi connectivity index (χ4v) is 3.25. The molecule has 1 nitrogen and oxygen atoms in total. The van der Waals surface area contributed by atoms with Crippen LogP contribution in [-0.2, 0) is 4.74 Å². The Morgan fingerprint density at radius 1 is 0.522 bits per heavy atom. The van der Waals surface area contributed by atoms with Crippen LogP contribution < -0.4 is 0 Å². The lowest BCUT2D eigenvalue weighted by Gasteiger charge is -2.17. The molecular formula is C22H46O. The largest absolute Gasteiger partial charge is 0.381 e. The smallest absolute Gasteiger partial charge is 0.0494 e. The van der Waals surface area contributed by atoms with Gasteiger partial charge in [0, 0.05) is 13.2 Å². The van der Waals surface area contributed by atoms with Crippen LogP contribution in [0.3, 0.4) is 0 Å². The van der Waals surface area contributed by atoms with E-state index in [9.17, 15) is 0 Å². The zero-order valence-electron chi connectivity index (χ0n) is 16.7. The second kappa shape index (κ2) is 20.0. The third kappa shape index (κ3) is 18.1. The molecule has 0 bridgehead atoms. The fourth-order valence-electron chi connectivity index (χ4n) is 3.25. The van der Waals surface area contributed by atoms with E-state index in [1.807, 2.05) is 0 Å². The van der Waals surface area contributed by atoms with Crippen molar-refractivity contribution in [2.75, 3.05) is 13.2 Å². The normalized spacial score (nSPS) is 12.7. The van der Waals surface area contributed by atoms with Crippen LogP contribution in [-0.4, -0.2) is 13.2 Å². The zero-order valence-corrected chi connectivity index (χ0v) is 16.7. The van der Waals surface area contributed by atoms with Gasteiger partial charge in [-0.3, -0.25) is 0 Å². The summed E-state index contributed by atoms with van der Waals surface area (Å²) < 4.78 is 5.99. The Morgan fingerprint density at radius 2 is 1.00 bits per heavy atom. The molecule has 0 aliphatic heterocycles. The summed E-state index contributed by atoms with van der Waals surface area (Å²) in [5.41, 5.74) is 0. The monoisotopic (exact) mass is 326 g/mol. The maximum Gasteiger partial charge on any atom is 0.0494 e. The molecule has 0 radical (unpaired) electrons. The number of hydrogen-bond acceptors (Lipinski definition) is 1. The first-order chi connectivity index (χ1) is 11.3. The van der Waals surface area contributed by atoms with Crippen molar-refractivity contribution in [1.82, 2.24) is 0 Å². The summed E-state index contributed by atoms with van der Waals surface area (Å²) in [4.78, 5) is 0. The first-order valence-electron chi connectivity index (χ1n) is 10.9. The molecule has 0 N–H and O–H groups in total. The molecule has 0 aromatic carbocycles.